The molecule has 0 spiro atoms. The smallest absolute Gasteiger partial charge is 0.274 e. The highest BCUT2D eigenvalue weighted by atomic mass is 16.5. The lowest BCUT2D eigenvalue weighted by molar-refractivity contribution is 0.102. The Morgan fingerprint density at radius 2 is 1.81 bits per heavy atom. The summed E-state index contributed by atoms with van der Waals surface area (Å²) in [6.07, 6.45) is 5.30. The van der Waals surface area contributed by atoms with Crippen LogP contribution in [0.5, 0.6) is 5.75 Å². The minimum absolute atomic E-state index is 0.111. The van der Waals surface area contributed by atoms with Crippen LogP contribution < -0.4 is 15.4 Å². The van der Waals surface area contributed by atoms with E-state index in [2.05, 4.69) is 20.6 Å². The van der Waals surface area contributed by atoms with Gasteiger partial charge in [-0.15, -0.1) is 0 Å². The number of benzene rings is 1. The molecule has 1 aromatic carbocycles. The van der Waals surface area contributed by atoms with Crippen molar-refractivity contribution in [3.8, 4) is 5.75 Å². The summed E-state index contributed by atoms with van der Waals surface area (Å²) in [5.41, 5.74) is 2.95. The van der Waals surface area contributed by atoms with Crippen LogP contribution in [0.4, 0.5) is 11.4 Å². The van der Waals surface area contributed by atoms with Gasteiger partial charge in [0, 0.05) is 24.6 Å². The van der Waals surface area contributed by atoms with Gasteiger partial charge in [-0.2, -0.15) is 0 Å². The zero-order chi connectivity index (χ0) is 19.1. The summed E-state index contributed by atoms with van der Waals surface area (Å²) in [5, 5.41) is 6.08. The predicted molar refractivity (Wildman–Crippen MR) is 106 cm³/mol. The molecule has 0 saturated heterocycles. The molecule has 6 heteroatoms. The SMILES string of the molecule is CC(C)Oc1ccc(NC(=O)c2ccc(NCc3cccnc3)cn2)cc1. The van der Waals surface area contributed by atoms with Crippen LogP contribution in [0.1, 0.15) is 29.9 Å². The normalized spacial score (nSPS) is 10.5. The molecule has 2 heterocycles. The number of hydrogen-bond acceptors (Lipinski definition) is 5. The zero-order valence-corrected chi connectivity index (χ0v) is 15.3. The van der Waals surface area contributed by atoms with Gasteiger partial charge in [-0.25, -0.2) is 4.98 Å². The molecular weight excluding hydrogens is 340 g/mol. The maximum absolute atomic E-state index is 12.3. The molecule has 0 aliphatic heterocycles. The van der Waals surface area contributed by atoms with Crippen molar-refractivity contribution in [2.45, 2.75) is 26.5 Å². The summed E-state index contributed by atoms with van der Waals surface area (Å²) in [4.78, 5) is 20.6. The minimum Gasteiger partial charge on any atom is -0.491 e. The zero-order valence-electron chi connectivity index (χ0n) is 15.3. The van der Waals surface area contributed by atoms with Crippen molar-refractivity contribution < 1.29 is 9.53 Å². The molecule has 2 N–H and O–H groups in total. The van der Waals surface area contributed by atoms with E-state index in [9.17, 15) is 4.79 Å². The number of nitrogens with zero attached hydrogens (tertiary/aromatic N) is 2. The standard InChI is InChI=1S/C21H22N4O2/c1-15(2)27-19-8-5-17(6-9-19)25-21(26)20-10-7-18(14-24-20)23-13-16-4-3-11-22-12-16/h3-12,14-15,23H,13H2,1-2H3,(H,25,26). The molecule has 1 amide bonds. The van der Waals surface area contributed by atoms with Crippen LogP contribution in [0, 0.1) is 0 Å². The van der Waals surface area contributed by atoms with Gasteiger partial charge in [0.15, 0.2) is 0 Å². The van der Waals surface area contributed by atoms with E-state index >= 15 is 0 Å². The van der Waals surface area contributed by atoms with Gasteiger partial charge >= 0.3 is 0 Å². The summed E-state index contributed by atoms with van der Waals surface area (Å²) in [5.74, 6) is 0.511. The summed E-state index contributed by atoms with van der Waals surface area (Å²) < 4.78 is 5.59. The number of aromatic nitrogens is 2. The minimum atomic E-state index is -0.258. The Labute approximate surface area is 158 Å². The van der Waals surface area contributed by atoms with Crippen molar-refractivity contribution in [1.82, 2.24) is 9.97 Å². The Bertz CT molecular complexity index is 863. The fraction of sp³-hybridized carbons (Fsp3) is 0.190. The summed E-state index contributed by atoms with van der Waals surface area (Å²) in [7, 11) is 0. The first kappa shape index (κ1) is 18.4. The highest BCUT2D eigenvalue weighted by molar-refractivity contribution is 6.02. The molecule has 0 aliphatic rings. The molecule has 3 rings (SSSR count). The Morgan fingerprint density at radius 3 is 2.44 bits per heavy atom. The first-order chi connectivity index (χ1) is 13.1. The topological polar surface area (TPSA) is 76.1 Å². The highest BCUT2D eigenvalue weighted by Gasteiger charge is 2.08. The number of pyridine rings is 2. The summed E-state index contributed by atoms with van der Waals surface area (Å²) in [6.45, 7) is 4.58. The van der Waals surface area contributed by atoms with Crippen LogP contribution in [0.2, 0.25) is 0 Å². The van der Waals surface area contributed by atoms with Crippen molar-refractivity contribution >= 4 is 17.3 Å². The number of rotatable bonds is 7. The lowest BCUT2D eigenvalue weighted by Gasteiger charge is -2.11. The number of anilines is 2. The van der Waals surface area contributed by atoms with Crippen LogP contribution >= 0.6 is 0 Å². The van der Waals surface area contributed by atoms with E-state index in [1.165, 1.54) is 0 Å². The number of amides is 1. The monoisotopic (exact) mass is 362 g/mol. The van der Waals surface area contributed by atoms with Gasteiger partial charge in [0.05, 0.1) is 18.0 Å². The maximum atomic E-state index is 12.3. The first-order valence-corrected chi connectivity index (χ1v) is 8.77. The van der Waals surface area contributed by atoms with Gasteiger partial charge in [-0.3, -0.25) is 9.78 Å². The van der Waals surface area contributed by atoms with Gasteiger partial charge in [0.25, 0.3) is 5.91 Å². The van der Waals surface area contributed by atoms with E-state index in [1.807, 2.05) is 44.2 Å². The number of ether oxygens (including phenoxy) is 1. The van der Waals surface area contributed by atoms with Gasteiger partial charge in [0.1, 0.15) is 11.4 Å². The van der Waals surface area contributed by atoms with Crippen molar-refractivity contribution in [3.63, 3.8) is 0 Å². The first-order valence-electron chi connectivity index (χ1n) is 8.77. The van der Waals surface area contributed by atoms with E-state index < -0.39 is 0 Å². The molecule has 0 saturated carbocycles. The third-order valence-corrected chi connectivity index (χ3v) is 3.70. The van der Waals surface area contributed by atoms with Crippen LogP contribution in [-0.4, -0.2) is 22.0 Å². The average molecular weight is 362 g/mol. The van der Waals surface area contributed by atoms with E-state index in [0.29, 0.717) is 17.9 Å². The van der Waals surface area contributed by atoms with Crippen LogP contribution in [-0.2, 0) is 6.54 Å². The van der Waals surface area contributed by atoms with Crippen molar-refractivity contribution in [2.75, 3.05) is 10.6 Å². The lowest BCUT2D eigenvalue weighted by Crippen LogP contribution is -2.14. The lowest BCUT2D eigenvalue weighted by atomic mass is 10.2. The Hall–Kier alpha value is -3.41. The fourth-order valence-electron chi connectivity index (χ4n) is 2.42. The number of carbonyl (C=O) groups excluding carboxylic acids is 1. The van der Waals surface area contributed by atoms with Crippen molar-refractivity contribution in [2.24, 2.45) is 0 Å². The third kappa shape index (κ3) is 5.54. The molecule has 6 nitrogen and oxygen atoms in total. The van der Waals surface area contributed by atoms with E-state index in [1.54, 1.807) is 36.8 Å². The van der Waals surface area contributed by atoms with E-state index in [4.69, 9.17) is 4.74 Å². The molecule has 3 aromatic rings. The van der Waals surface area contributed by atoms with Gasteiger partial charge in [0.2, 0.25) is 0 Å². The molecule has 0 fully saturated rings. The molecule has 0 bridgehead atoms. The Balaban J connectivity index is 1.55. The molecular formula is C21H22N4O2. The molecule has 2 aromatic heterocycles. The van der Waals surface area contributed by atoms with Gasteiger partial charge in [-0.05, 0) is 61.9 Å². The highest BCUT2D eigenvalue weighted by Crippen LogP contribution is 2.17. The molecule has 0 unspecified atom stereocenters. The number of carbonyl (C=O) groups is 1. The fourth-order valence-corrected chi connectivity index (χ4v) is 2.42. The van der Waals surface area contributed by atoms with Crippen molar-refractivity contribution in [1.29, 1.82) is 0 Å². The van der Waals surface area contributed by atoms with Crippen LogP contribution in [0.15, 0.2) is 67.1 Å². The Morgan fingerprint density at radius 1 is 1.04 bits per heavy atom. The molecule has 138 valence electrons. The van der Waals surface area contributed by atoms with Gasteiger partial charge in [-0.1, -0.05) is 6.07 Å². The largest absolute Gasteiger partial charge is 0.491 e. The molecule has 0 radical (unpaired) electrons. The van der Waals surface area contributed by atoms with Crippen molar-refractivity contribution in [3.05, 3.63) is 78.4 Å². The summed E-state index contributed by atoms with van der Waals surface area (Å²) in [6, 6.07) is 14.7. The summed E-state index contributed by atoms with van der Waals surface area (Å²) >= 11 is 0. The average Bonchev–Trinajstić information content (AvgIpc) is 2.69. The van der Waals surface area contributed by atoms with Crippen LogP contribution in [0.25, 0.3) is 0 Å². The van der Waals surface area contributed by atoms with Crippen LogP contribution in [0.3, 0.4) is 0 Å². The van der Waals surface area contributed by atoms with E-state index in [0.717, 1.165) is 17.0 Å². The second-order valence-electron chi connectivity index (χ2n) is 6.29. The quantitative estimate of drug-likeness (QED) is 0.661. The predicted octanol–water partition coefficient (Wildman–Crippen LogP) is 4.13. The second kappa shape index (κ2) is 8.80. The van der Waals surface area contributed by atoms with E-state index in [-0.39, 0.29) is 12.0 Å². The van der Waals surface area contributed by atoms with Gasteiger partial charge < -0.3 is 15.4 Å². The molecule has 0 aliphatic carbocycles. The second-order valence-corrected chi connectivity index (χ2v) is 6.29. The number of nitrogens with one attached hydrogen (secondary N) is 2. The Kier molecular flexibility index (Phi) is 5.99. The molecule has 0 atom stereocenters. The maximum Gasteiger partial charge on any atom is 0.274 e. The molecule has 27 heavy (non-hydrogen) atoms. The number of hydrogen-bond donors (Lipinski definition) is 2. The third-order valence-electron chi connectivity index (χ3n) is 3.70.